The molecule has 2 rings (SSSR count). The van der Waals surface area contributed by atoms with Crippen LogP contribution in [0.15, 0.2) is 6.20 Å². The molecule has 1 N–H and O–H groups in total. The van der Waals surface area contributed by atoms with E-state index in [0.717, 1.165) is 56.4 Å². The Morgan fingerprint density at radius 2 is 2.00 bits per heavy atom. The van der Waals surface area contributed by atoms with Gasteiger partial charge in [-0.1, -0.05) is 0 Å². The minimum absolute atomic E-state index is 0.240. The molecule has 1 aliphatic heterocycles. The number of aryl methyl sites for hydroxylation is 2. The molecule has 0 radical (unpaired) electrons. The van der Waals surface area contributed by atoms with Crippen LogP contribution in [-0.4, -0.2) is 59.3 Å². The van der Waals surface area contributed by atoms with Gasteiger partial charge in [0.25, 0.3) is 0 Å². The van der Waals surface area contributed by atoms with Gasteiger partial charge in [0.2, 0.25) is 0 Å². The van der Waals surface area contributed by atoms with Crippen molar-refractivity contribution in [2.45, 2.75) is 20.3 Å². The van der Waals surface area contributed by atoms with Gasteiger partial charge >= 0.3 is 0 Å². The van der Waals surface area contributed by atoms with Gasteiger partial charge in [0.1, 0.15) is 5.82 Å². The number of aliphatic hydroxyl groups excluding tert-OH is 1. The van der Waals surface area contributed by atoms with Crippen molar-refractivity contribution in [3.8, 4) is 0 Å². The molecule has 1 saturated heterocycles. The molecule has 18 heavy (non-hydrogen) atoms. The van der Waals surface area contributed by atoms with Gasteiger partial charge in [0.15, 0.2) is 0 Å². The van der Waals surface area contributed by atoms with Crippen LogP contribution in [-0.2, 0) is 0 Å². The Kier molecular flexibility index (Phi) is 4.49. The highest BCUT2D eigenvalue weighted by molar-refractivity contribution is 5.37. The summed E-state index contributed by atoms with van der Waals surface area (Å²) in [5, 5.41) is 8.98. The first-order valence-electron chi connectivity index (χ1n) is 6.59. The average Bonchev–Trinajstić information content (AvgIpc) is 2.59. The lowest BCUT2D eigenvalue weighted by molar-refractivity contribution is 0.204. The van der Waals surface area contributed by atoms with Crippen LogP contribution in [0.4, 0.5) is 5.82 Å². The van der Waals surface area contributed by atoms with E-state index in [1.807, 2.05) is 20.0 Å². The molecule has 1 fully saturated rings. The highest BCUT2D eigenvalue weighted by atomic mass is 16.3. The summed E-state index contributed by atoms with van der Waals surface area (Å²) in [6.45, 7) is 9.00. The zero-order valence-corrected chi connectivity index (χ0v) is 11.3. The second-order valence-electron chi connectivity index (χ2n) is 4.80. The largest absolute Gasteiger partial charge is 0.395 e. The zero-order valence-electron chi connectivity index (χ0n) is 11.3. The molecule has 0 aliphatic carbocycles. The van der Waals surface area contributed by atoms with Crippen LogP contribution in [0.3, 0.4) is 0 Å². The van der Waals surface area contributed by atoms with E-state index >= 15 is 0 Å². The monoisotopic (exact) mass is 250 g/mol. The van der Waals surface area contributed by atoms with E-state index in [2.05, 4.69) is 19.8 Å². The van der Waals surface area contributed by atoms with Gasteiger partial charge in [0.05, 0.1) is 24.2 Å². The first kappa shape index (κ1) is 13.2. The molecule has 5 heteroatoms. The predicted octanol–water partition coefficient (Wildman–Crippen LogP) is 0.598. The van der Waals surface area contributed by atoms with Gasteiger partial charge in [0, 0.05) is 26.2 Å². The third-order valence-corrected chi connectivity index (χ3v) is 3.51. The lowest BCUT2D eigenvalue weighted by Crippen LogP contribution is -2.32. The molecule has 0 spiro atoms. The zero-order chi connectivity index (χ0) is 13.0. The molecule has 100 valence electrons. The minimum Gasteiger partial charge on any atom is -0.395 e. The van der Waals surface area contributed by atoms with E-state index in [4.69, 9.17) is 5.11 Å². The van der Waals surface area contributed by atoms with Crippen molar-refractivity contribution in [2.75, 3.05) is 44.2 Å². The van der Waals surface area contributed by atoms with Crippen LogP contribution in [0.1, 0.15) is 17.8 Å². The third kappa shape index (κ3) is 3.17. The Hall–Kier alpha value is -1.20. The molecule has 0 amide bonds. The van der Waals surface area contributed by atoms with Gasteiger partial charge < -0.3 is 10.0 Å². The molecule has 0 aromatic carbocycles. The predicted molar refractivity (Wildman–Crippen MR) is 71.9 cm³/mol. The molecule has 2 heterocycles. The molecule has 0 bridgehead atoms. The maximum atomic E-state index is 8.98. The van der Waals surface area contributed by atoms with Gasteiger partial charge in [-0.3, -0.25) is 9.88 Å². The minimum atomic E-state index is 0.240. The van der Waals surface area contributed by atoms with Gasteiger partial charge in [-0.15, -0.1) is 0 Å². The fourth-order valence-electron chi connectivity index (χ4n) is 2.25. The molecule has 0 saturated carbocycles. The summed E-state index contributed by atoms with van der Waals surface area (Å²) in [5.41, 5.74) is 2.00. The lowest BCUT2D eigenvalue weighted by atomic mass is 10.3. The second-order valence-corrected chi connectivity index (χ2v) is 4.80. The standard InChI is InChI=1S/C13H22N4O/c1-11-12(2)15-13(10-14-11)17-5-3-4-16(6-7-17)8-9-18/h10,18H,3-9H2,1-2H3. The van der Waals surface area contributed by atoms with Gasteiger partial charge in [-0.25, -0.2) is 4.98 Å². The van der Waals surface area contributed by atoms with Crippen molar-refractivity contribution in [3.63, 3.8) is 0 Å². The molecule has 1 aromatic rings. The Morgan fingerprint density at radius 3 is 2.72 bits per heavy atom. The van der Waals surface area contributed by atoms with Crippen molar-refractivity contribution < 1.29 is 5.11 Å². The van der Waals surface area contributed by atoms with Gasteiger partial charge in [-0.2, -0.15) is 0 Å². The summed E-state index contributed by atoms with van der Waals surface area (Å²) in [6.07, 6.45) is 2.97. The Morgan fingerprint density at radius 1 is 1.17 bits per heavy atom. The van der Waals surface area contributed by atoms with E-state index in [-0.39, 0.29) is 6.61 Å². The van der Waals surface area contributed by atoms with Crippen molar-refractivity contribution in [1.82, 2.24) is 14.9 Å². The molecule has 0 unspecified atom stereocenters. The highest BCUT2D eigenvalue weighted by Gasteiger charge is 2.16. The number of hydrogen-bond donors (Lipinski definition) is 1. The Balaban J connectivity index is 2.02. The number of hydrogen-bond acceptors (Lipinski definition) is 5. The smallest absolute Gasteiger partial charge is 0.147 e. The van der Waals surface area contributed by atoms with Crippen molar-refractivity contribution in [3.05, 3.63) is 17.6 Å². The fraction of sp³-hybridized carbons (Fsp3) is 0.692. The molecule has 0 atom stereocenters. The maximum absolute atomic E-state index is 8.98. The summed E-state index contributed by atoms with van der Waals surface area (Å²) in [4.78, 5) is 13.6. The average molecular weight is 250 g/mol. The summed E-state index contributed by atoms with van der Waals surface area (Å²) in [5.74, 6) is 0.976. The van der Waals surface area contributed by atoms with E-state index in [1.165, 1.54) is 0 Å². The molecule has 1 aliphatic rings. The first-order chi connectivity index (χ1) is 8.70. The van der Waals surface area contributed by atoms with Crippen molar-refractivity contribution in [2.24, 2.45) is 0 Å². The number of nitrogens with zero attached hydrogens (tertiary/aromatic N) is 4. The molecular formula is C13H22N4O. The number of aromatic nitrogens is 2. The summed E-state index contributed by atoms with van der Waals surface area (Å²) in [7, 11) is 0. The van der Waals surface area contributed by atoms with Crippen LogP contribution in [0, 0.1) is 13.8 Å². The van der Waals surface area contributed by atoms with E-state index in [9.17, 15) is 0 Å². The fourth-order valence-corrected chi connectivity index (χ4v) is 2.25. The van der Waals surface area contributed by atoms with Crippen molar-refractivity contribution in [1.29, 1.82) is 0 Å². The van der Waals surface area contributed by atoms with Crippen molar-refractivity contribution >= 4 is 5.82 Å². The Labute approximate surface area is 108 Å². The second kappa shape index (κ2) is 6.11. The number of β-amino-alcohol motifs (C(OH)–C–C–N with tert-alkyl or cyclic N) is 1. The molecule has 1 aromatic heterocycles. The number of rotatable bonds is 3. The van der Waals surface area contributed by atoms with E-state index in [0.29, 0.717) is 0 Å². The number of aliphatic hydroxyl groups is 1. The highest BCUT2D eigenvalue weighted by Crippen LogP contribution is 2.14. The maximum Gasteiger partial charge on any atom is 0.147 e. The quantitative estimate of drug-likeness (QED) is 0.851. The molecule has 5 nitrogen and oxygen atoms in total. The molecular weight excluding hydrogens is 228 g/mol. The first-order valence-corrected chi connectivity index (χ1v) is 6.59. The summed E-state index contributed by atoms with van der Waals surface area (Å²) >= 11 is 0. The van der Waals surface area contributed by atoms with Gasteiger partial charge in [-0.05, 0) is 26.8 Å². The van der Waals surface area contributed by atoms with Crippen LogP contribution < -0.4 is 4.90 Å². The van der Waals surface area contributed by atoms with Crippen LogP contribution in [0.25, 0.3) is 0 Å². The van der Waals surface area contributed by atoms with Crippen LogP contribution >= 0.6 is 0 Å². The SMILES string of the molecule is Cc1ncc(N2CCCN(CCO)CC2)nc1C. The van der Waals surface area contributed by atoms with Crippen LogP contribution in [0.2, 0.25) is 0 Å². The lowest BCUT2D eigenvalue weighted by Gasteiger charge is -2.22. The van der Waals surface area contributed by atoms with E-state index < -0.39 is 0 Å². The van der Waals surface area contributed by atoms with Crippen LogP contribution in [0.5, 0.6) is 0 Å². The topological polar surface area (TPSA) is 52.5 Å². The number of anilines is 1. The summed E-state index contributed by atoms with van der Waals surface area (Å²) in [6, 6.07) is 0. The summed E-state index contributed by atoms with van der Waals surface area (Å²) < 4.78 is 0. The Bertz CT molecular complexity index is 397. The third-order valence-electron chi connectivity index (χ3n) is 3.51. The normalized spacial score (nSPS) is 17.8. The van der Waals surface area contributed by atoms with E-state index in [1.54, 1.807) is 0 Å².